The molecule has 27 heavy (non-hydrogen) atoms. The van der Waals surface area contributed by atoms with Crippen LogP contribution in [0.1, 0.15) is 5.56 Å². The molecule has 0 unspecified atom stereocenters. The van der Waals surface area contributed by atoms with Gasteiger partial charge in [0, 0.05) is 11.3 Å². The van der Waals surface area contributed by atoms with Gasteiger partial charge in [-0.15, -0.1) is 0 Å². The second kappa shape index (κ2) is 8.06. The van der Waals surface area contributed by atoms with Crippen LogP contribution < -0.4 is 19.5 Å². The minimum Gasteiger partial charge on any atom is -0.493 e. The maximum absolute atomic E-state index is 8.88. The summed E-state index contributed by atoms with van der Waals surface area (Å²) in [6.45, 7) is 0. The van der Waals surface area contributed by atoms with E-state index in [1.165, 1.54) is 0 Å². The lowest BCUT2D eigenvalue weighted by atomic mass is 10.1. The van der Waals surface area contributed by atoms with Crippen LogP contribution in [-0.2, 0) is 0 Å². The van der Waals surface area contributed by atoms with E-state index in [2.05, 4.69) is 21.4 Å². The van der Waals surface area contributed by atoms with Crippen molar-refractivity contribution in [2.24, 2.45) is 0 Å². The summed E-state index contributed by atoms with van der Waals surface area (Å²) in [5.41, 5.74) is 2.83. The fraction of sp³-hybridized carbons (Fsp3) is 0.150. The van der Waals surface area contributed by atoms with Gasteiger partial charge in [-0.3, -0.25) is 4.98 Å². The monoisotopic (exact) mass is 362 g/mol. The molecule has 2 aromatic carbocycles. The first-order valence-electron chi connectivity index (χ1n) is 8.08. The molecule has 7 heteroatoms. The molecule has 136 valence electrons. The number of nitrogens with zero attached hydrogens (tertiary/aromatic N) is 3. The highest BCUT2D eigenvalue weighted by Gasteiger charge is 2.15. The lowest BCUT2D eigenvalue weighted by Gasteiger charge is -2.14. The number of nitriles is 1. The lowest BCUT2D eigenvalue weighted by molar-refractivity contribution is 0.324. The van der Waals surface area contributed by atoms with Crippen LogP contribution in [0.15, 0.2) is 48.8 Å². The zero-order valence-corrected chi connectivity index (χ0v) is 15.2. The van der Waals surface area contributed by atoms with E-state index in [9.17, 15) is 0 Å². The summed E-state index contributed by atoms with van der Waals surface area (Å²) < 4.78 is 16.1. The van der Waals surface area contributed by atoms with Crippen molar-refractivity contribution < 1.29 is 14.2 Å². The van der Waals surface area contributed by atoms with Gasteiger partial charge in [-0.1, -0.05) is 0 Å². The van der Waals surface area contributed by atoms with Gasteiger partial charge in [-0.05, 0) is 36.4 Å². The minimum absolute atomic E-state index is 0.517. The molecule has 0 amide bonds. The Morgan fingerprint density at radius 3 is 2.15 bits per heavy atom. The Morgan fingerprint density at radius 1 is 0.926 bits per heavy atom. The maximum atomic E-state index is 8.88. The molecule has 0 radical (unpaired) electrons. The van der Waals surface area contributed by atoms with Crippen LogP contribution in [0.3, 0.4) is 0 Å². The van der Waals surface area contributed by atoms with Gasteiger partial charge in [0.05, 0.1) is 51.0 Å². The Morgan fingerprint density at radius 2 is 1.59 bits per heavy atom. The Kier molecular flexibility index (Phi) is 5.38. The normalized spacial score (nSPS) is 10.0. The molecule has 0 aliphatic carbocycles. The van der Waals surface area contributed by atoms with Crippen molar-refractivity contribution in [3.63, 3.8) is 0 Å². The molecule has 7 nitrogen and oxygen atoms in total. The van der Waals surface area contributed by atoms with Crippen LogP contribution in [0.2, 0.25) is 0 Å². The third-order valence-corrected chi connectivity index (χ3v) is 3.88. The Hall–Kier alpha value is -3.79. The molecule has 0 saturated carbocycles. The third-order valence-electron chi connectivity index (χ3n) is 3.88. The van der Waals surface area contributed by atoms with Crippen molar-refractivity contribution >= 4 is 11.5 Å². The van der Waals surface area contributed by atoms with Gasteiger partial charge in [-0.25, -0.2) is 4.98 Å². The van der Waals surface area contributed by atoms with Gasteiger partial charge >= 0.3 is 0 Å². The molecule has 0 aliphatic rings. The van der Waals surface area contributed by atoms with Crippen molar-refractivity contribution in [2.45, 2.75) is 0 Å². The molecule has 0 aliphatic heterocycles. The van der Waals surface area contributed by atoms with Crippen molar-refractivity contribution in [1.29, 1.82) is 5.26 Å². The predicted octanol–water partition coefficient (Wildman–Crippen LogP) is 3.78. The van der Waals surface area contributed by atoms with Crippen molar-refractivity contribution in [1.82, 2.24) is 9.97 Å². The average molecular weight is 362 g/mol. The molecule has 0 bridgehead atoms. The summed E-state index contributed by atoms with van der Waals surface area (Å²) in [7, 11) is 4.69. The molecular weight excluding hydrogens is 344 g/mol. The van der Waals surface area contributed by atoms with E-state index in [-0.39, 0.29) is 0 Å². The first-order valence-corrected chi connectivity index (χ1v) is 8.08. The van der Waals surface area contributed by atoms with E-state index in [1.807, 2.05) is 24.3 Å². The Labute approximate surface area is 157 Å². The maximum Gasteiger partial charge on any atom is 0.203 e. The zero-order chi connectivity index (χ0) is 19.2. The summed E-state index contributed by atoms with van der Waals surface area (Å²) in [5.74, 6) is 2.17. The standard InChI is InChI=1S/C20H18N4O3/c1-25-17-8-14(9-18(26-2)20(17)27-3)16-11-22-12-19(24-16)23-15-6-4-13(10-21)5-7-15/h4-9,11-12H,1-3H3,(H,23,24). The number of aromatic nitrogens is 2. The van der Waals surface area contributed by atoms with E-state index in [1.54, 1.807) is 45.9 Å². The molecule has 0 saturated heterocycles. The largest absolute Gasteiger partial charge is 0.493 e. The van der Waals surface area contributed by atoms with Crippen LogP contribution in [0.25, 0.3) is 11.3 Å². The van der Waals surface area contributed by atoms with Gasteiger partial charge in [0.2, 0.25) is 5.75 Å². The van der Waals surface area contributed by atoms with Gasteiger partial charge < -0.3 is 19.5 Å². The quantitative estimate of drug-likeness (QED) is 0.713. The molecule has 3 aromatic rings. The second-order valence-electron chi connectivity index (χ2n) is 5.52. The van der Waals surface area contributed by atoms with Crippen LogP contribution in [0.4, 0.5) is 11.5 Å². The van der Waals surface area contributed by atoms with Crippen LogP contribution >= 0.6 is 0 Å². The van der Waals surface area contributed by atoms with Crippen molar-refractivity contribution in [3.8, 4) is 34.6 Å². The number of hydrogen-bond donors (Lipinski definition) is 1. The second-order valence-corrected chi connectivity index (χ2v) is 5.52. The molecule has 1 heterocycles. The Balaban J connectivity index is 1.94. The number of hydrogen-bond acceptors (Lipinski definition) is 7. The first kappa shape index (κ1) is 18.0. The fourth-order valence-corrected chi connectivity index (χ4v) is 2.57. The number of ether oxygens (including phenoxy) is 3. The highest BCUT2D eigenvalue weighted by Crippen LogP contribution is 2.40. The molecule has 1 aromatic heterocycles. The van der Waals surface area contributed by atoms with Crippen molar-refractivity contribution in [3.05, 3.63) is 54.4 Å². The van der Waals surface area contributed by atoms with E-state index < -0.39 is 0 Å². The minimum atomic E-state index is 0.517. The number of rotatable bonds is 6. The zero-order valence-electron chi connectivity index (χ0n) is 15.2. The van der Waals surface area contributed by atoms with Gasteiger partial charge in [0.1, 0.15) is 5.82 Å². The van der Waals surface area contributed by atoms with E-state index >= 15 is 0 Å². The number of benzene rings is 2. The highest BCUT2D eigenvalue weighted by molar-refractivity contribution is 5.69. The summed E-state index contributed by atoms with van der Waals surface area (Å²) in [6, 6.07) is 12.8. The molecule has 3 rings (SSSR count). The molecular formula is C20H18N4O3. The van der Waals surface area contributed by atoms with Gasteiger partial charge in [0.15, 0.2) is 11.5 Å². The summed E-state index contributed by atoms with van der Waals surface area (Å²) in [6.07, 6.45) is 3.28. The van der Waals surface area contributed by atoms with Crippen molar-refractivity contribution in [2.75, 3.05) is 26.6 Å². The van der Waals surface area contributed by atoms with Crippen LogP contribution in [0.5, 0.6) is 17.2 Å². The SMILES string of the molecule is COc1cc(-c2cncc(Nc3ccc(C#N)cc3)n2)cc(OC)c1OC. The topological polar surface area (TPSA) is 89.3 Å². The Bertz CT molecular complexity index is 956. The van der Waals surface area contributed by atoms with Crippen LogP contribution in [0, 0.1) is 11.3 Å². The summed E-state index contributed by atoms with van der Waals surface area (Å²) in [5, 5.41) is 12.1. The first-order chi connectivity index (χ1) is 13.2. The smallest absolute Gasteiger partial charge is 0.203 e. The van der Waals surface area contributed by atoms with E-state index in [4.69, 9.17) is 19.5 Å². The molecule has 0 atom stereocenters. The fourth-order valence-electron chi connectivity index (χ4n) is 2.57. The third kappa shape index (κ3) is 3.90. The summed E-state index contributed by atoms with van der Waals surface area (Å²) in [4.78, 5) is 8.85. The van der Waals surface area contributed by atoms with E-state index in [0.717, 1.165) is 11.3 Å². The molecule has 0 spiro atoms. The number of methoxy groups -OCH3 is 3. The summed E-state index contributed by atoms with van der Waals surface area (Å²) >= 11 is 0. The predicted molar refractivity (Wildman–Crippen MR) is 102 cm³/mol. The average Bonchev–Trinajstić information content (AvgIpc) is 2.73. The molecule has 0 fully saturated rings. The number of anilines is 2. The number of nitrogens with one attached hydrogen (secondary N) is 1. The van der Waals surface area contributed by atoms with Gasteiger partial charge in [-0.2, -0.15) is 5.26 Å². The van der Waals surface area contributed by atoms with Gasteiger partial charge in [0.25, 0.3) is 0 Å². The van der Waals surface area contributed by atoms with Crippen LogP contribution in [-0.4, -0.2) is 31.3 Å². The highest BCUT2D eigenvalue weighted by atomic mass is 16.5. The molecule has 1 N–H and O–H groups in total. The van der Waals surface area contributed by atoms with E-state index in [0.29, 0.717) is 34.3 Å². The lowest BCUT2D eigenvalue weighted by Crippen LogP contribution is -1.98.